The number of guanidine groups is 1. The van der Waals surface area contributed by atoms with Crippen molar-refractivity contribution in [3.05, 3.63) is 59.2 Å². The maximum absolute atomic E-state index is 13.4. The first-order valence-electron chi connectivity index (χ1n) is 8.30. The van der Waals surface area contributed by atoms with Crippen molar-refractivity contribution in [2.24, 2.45) is 4.99 Å². The largest absolute Gasteiger partial charge is 0.504 e. The molecule has 2 rings (SSSR count). The van der Waals surface area contributed by atoms with Gasteiger partial charge in [0.05, 0.1) is 19.7 Å². The number of rotatable bonds is 6. The van der Waals surface area contributed by atoms with Crippen LogP contribution in [0.25, 0.3) is 0 Å². The van der Waals surface area contributed by atoms with E-state index in [1.165, 1.54) is 13.2 Å². The van der Waals surface area contributed by atoms with Gasteiger partial charge in [0.2, 0.25) is 0 Å². The molecular weight excluding hydrogens is 467 g/mol. The van der Waals surface area contributed by atoms with Gasteiger partial charge in [-0.05, 0) is 49.2 Å². The summed E-state index contributed by atoms with van der Waals surface area (Å²) in [5, 5.41) is 16.1. The highest BCUT2D eigenvalue weighted by Gasteiger charge is 2.11. The maximum atomic E-state index is 13.4. The smallest absolute Gasteiger partial charge is 0.192 e. The first-order chi connectivity index (χ1) is 12.4. The Bertz CT molecular complexity index is 788. The van der Waals surface area contributed by atoms with Gasteiger partial charge < -0.3 is 20.5 Å². The fraction of sp³-hybridized carbons (Fsp3) is 0.316. The molecule has 27 heavy (non-hydrogen) atoms. The van der Waals surface area contributed by atoms with Gasteiger partial charge in [-0.3, -0.25) is 0 Å². The van der Waals surface area contributed by atoms with Crippen LogP contribution in [0.1, 0.15) is 31.0 Å². The highest BCUT2D eigenvalue weighted by Crippen LogP contribution is 2.26. The number of methoxy groups -OCH3 is 1. The molecule has 0 aromatic heterocycles. The molecule has 0 aliphatic heterocycles. The molecule has 148 valence electrons. The average molecular weight is 491 g/mol. The predicted octanol–water partition coefficient (Wildman–Crippen LogP) is 4.11. The van der Waals surface area contributed by atoms with E-state index in [2.05, 4.69) is 15.6 Å². The van der Waals surface area contributed by atoms with Gasteiger partial charge in [-0.25, -0.2) is 13.8 Å². The molecule has 8 heteroatoms. The number of halogens is 3. The third kappa shape index (κ3) is 6.53. The molecule has 0 radical (unpaired) electrons. The van der Waals surface area contributed by atoms with Crippen molar-refractivity contribution < 1.29 is 18.6 Å². The number of benzene rings is 2. The van der Waals surface area contributed by atoms with E-state index in [-0.39, 0.29) is 35.8 Å². The molecule has 0 fully saturated rings. The second-order valence-corrected chi connectivity index (χ2v) is 5.74. The van der Waals surface area contributed by atoms with E-state index in [9.17, 15) is 13.9 Å². The molecule has 0 spiro atoms. The number of phenols is 1. The van der Waals surface area contributed by atoms with Gasteiger partial charge in [0, 0.05) is 6.54 Å². The zero-order valence-electron chi connectivity index (χ0n) is 15.4. The van der Waals surface area contributed by atoms with Crippen LogP contribution in [0.5, 0.6) is 11.5 Å². The summed E-state index contributed by atoms with van der Waals surface area (Å²) in [6.07, 6.45) is 0. The Morgan fingerprint density at radius 1 is 1.19 bits per heavy atom. The summed E-state index contributed by atoms with van der Waals surface area (Å²) in [6.45, 7) is 4.74. The van der Waals surface area contributed by atoms with Gasteiger partial charge in [-0.15, -0.1) is 24.0 Å². The van der Waals surface area contributed by atoms with Crippen LogP contribution in [0.15, 0.2) is 41.4 Å². The normalized spacial score (nSPS) is 12.1. The van der Waals surface area contributed by atoms with E-state index in [0.717, 1.165) is 17.7 Å². The Morgan fingerprint density at radius 2 is 1.93 bits per heavy atom. The summed E-state index contributed by atoms with van der Waals surface area (Å²) in [5.74, 6) is -0.782. The molecule has 2 aromatic carbocycles. The van der Waals surface area contributed by atoms with E-state index >= 15 is 0 Å². The SMILES string of the molecule is CCNC(=NCc1ccc(OC)c(O)c1)NC(C)c1ccc(F)c(F)c1.I. The summed E-state index contributed by atoms with van der Waals surface area (Å²) >= 11 is 0. The first kappa shape index (κ1) is 22.9. The van der Waals surface area contributed by atoms with E-state index < -0.39 is 11.6 Å². The number of aromatic hydroxyl groups is 1. The Kier molecular flexibility index (Phi) is 9.27. The molecule has 0 heterocycles. The van der Waals surface area contributed by atoms with Gasteiger partial charge in [0.1, 0.15) is 0 Å². The number of nitrogens with one attached hydrogen (secondary N) is 2. The van der Waals surface area contributed by atoms with Gasteiger partial charge in [-0.1, -0.05) is 12.1 Å². The van der Waals surface area contributed by atoms with Crippen molar-refractivity contribution in [3.63, 3.8) is 0 Å². The third-order valence-electron chi connectivity index (χ3n) is 3.80. The summed E-state index contributed by atoms with van der Waals surface area (Å²) in [4.78, 5) is 4.46. The van der Waals surface area contributed by atoms with E-state index in [4.69, 9.17) is 4.74 Å². The van der Waals surface area contributed by atoms with Crippen molar-refractivity contribution >= 4 is 29.9 Å². The number of nitrogens with zero attached hydrogens (tertiary/aromatic N) is 1. The Morgan fingerprint density at radius 3 is 2.52 bits per heavy atom. The van der Waals surface area contributed by atoms with Crippen LogP contribution in [0.2, 0.25) is 0 Å². The average Bonchev–Trinajstić information content (AvgIpc) is 2.62. The number of ether oxygens (including phenoxy) is 1. The van der Waals surface area contributed by atoms with Gasteiger partial charge in [0.15, 0.2) is 29.1 Å². The fourth-order valence-corrected chi connectivity index (χ4v) is 2.39. The lowest BCUT2D eigenvalue weighted by Crippen LogP contribution is -2.38. The van der Waals surface area contributed by atoms with Crippen LogP contribution in [-0.2, 0) is 6.54 Å². The fourth-order valence-electron chi connectivity index (χ4n) is 2.39. The second kappa shape index (κ2) is 10.9. The summed E-state index contributed by atoms with van der Waals surface area (Å²) in [5.41, 5.74) is 1.41. The topological polar surface area (TPSA) is 65.9 Å². The third-order valence-corrected chi connectivity index (χ3v) is 3.80. The van der Waals surface area contributed by atoms with Crippen LogP contribution >= 0.6 is 24.0 Å². The zero-order valence-corrected chi connectivity index (χ0v) is 17.8. The lowest BCUT2D eigenvalue weighted by atomic mass is 10.1. The van der Waals surface area contributed by atoms with Crippen LogP contribution in [0, 0.1) is 11.6 Å². The van der Waals surface area contributed by atoms with E-state index in [1.807, 2.05) is 19.9 Å². The van der Waals surface area contributed by atoms with E-state index in [0.29, 0.717) is 30.4 Å². The quantitative estimate of drug-likeness (QED) is 0.323. The molecule has 0 saturated heterocycles. The molecular formula is C19H24F2IN3O2. The molecule has 1 atom stereocenters. The molecule has 0 saturated carbocycles. The van der Waals surface area contributed by atoms with Gasteiger partial charge in [-0.2, -0.15) is 0 Å². The van der Waals surface area contributed by atoms with Crippen molar-refractivity contribution in [2.45, 2.75) is 26.4 Å². The second-order valence-electron chi connectivity index (χ2n) is 5.74. The van der Waals surface area contributed by atoms with Crippen molar-refractivity contribution in [1.29, 1.82) is 0 Å². The molecule has 0 amide bonds. The van der Waals surface area contributed by atoms with Crippen LogP contribution < -0.4 is 15.4 Å². The lowest BCUT2D eigenvalue weighted by Gasteiger charge is -2.18. The van der Waals surface area contributed by atoms with Crippen LogP contribution in [-0.4, -0.2) is 24.7 Å². The molecule has 0 bridgehead atoms. The van der Waals surface area contributed by atoms with E-state index in [1.54, 1.807) is 12.1 Å². The van der Waals surface area contributed by atoms with Crippen LogP contribution in [0.3, 0.4) is 0 Å². The number of phenolic OH excluding ortho intramolecular Hbond substituents is 1. The minimum Gasteiger partial charge on any atom is -0.504 e. The number of aliphatic imine (C=N–C) groups is 1. The molecule has 3 N–H and O–H groups in total. The number of hydrogen-bond donors (Lipinski definition) is 3. The predicted molar refractivity (Wildman–Crippen MR) is 113 cm³/mol. The minimum atomic E-state index is -0.883. The summed E-state index contributed by atoms with van der Waals surface area (Å²) in [6, 6.07) is 8.60. The monoisotopic (exact) mass is 491 g/mol. The molecule has 0 aliphatic rings. The Labute approximate surface area is 174 Å². The van der Waals surface area contributed by atoms with Crippen molar-refractivity contribution in [1.82, 2.24) is 10.6 Å². The first-order valence-corrected chi connectivity index (χ1v) is 8.30. The van der Waals surface area contributed by atoms with Gasteiger partial charge >= 0.3 is 0 Å². The van der Waals surface area contributed by atoms with Crippen molar-refractivity contribution in [2.75, 3.05) is 13.7 Å². The molecule has 1 unspecified atom stereocenters. The molecule has 0 aliphatic carbocycles. The van der Waals surface area contributed by atoms with Crippen LogP contribution in [0.4, 0.5) is 8.78 Å². The maximum Gasteiger partial charge on any atom is 0.192 e. The molecule has 5 nitrogen and oxygen atoms in total. The molecule has 2 aromatic rings. The standard InChI is InChI=1S/C19H23F2N3O2.HI/c1-4-22-19(23-11-13-5-8-18(26-3)17(25)9-13)24-12(2)14-6-7-15(20)16(21)10-14;/h5-10,12,25H,4,11H2,1-3H3,(H2,22,23,24);1H. The highest BCUT2D eigenvalue weighted by molar-refractivity contribution is 14.0. The van der Waals surface area contributed by atoms with Gasteiger partial charge in [0.25, 0.3) is 0 Å². The minimum absolute atomic E-state index is 0. The lowest BCUT2D eigenvalue weighted by molar-refractivity contribution is 0.373. The highest BCUT2D eigenvalue weighted by atomic mass is 127. The zero-order chi connectivity index (χ0) is 19.1. The Balaban J connectivity index is 0.00000364. The van der Waals surface area contributed by atoms with Crippen molar-refractivity contribution in [3.8, 4) is 11.5 Å². The number of hydrogen-bond acceptors (Lipinski definition) is 3. The summed E-state index contributed by atoms with van der Waals surface area (Å²) < 4.78 is 31.5. The Hall–Kier alpha value is -2.10. The summed E-state index contributed by atoms with van der Waals surface area (Å²) in [7, 11) is 1.49.